The number of nitrogens with zero attached hydrogens (tertiary/aromatic N) is 2. The van der Waals surface area contributed by atoms with Crippen molar-refractivity contribution in [1.29, 1.82) is 0 Å². The van der Waals surface area contributed by atoms with Gasteiger partial charge in [0.1, 0.15) is 5.82 Å². The van der Waals surface area contributed by atoms with Gasteiger partial charge in [-0.1, -0.05) is 42.5 Å². The number of hydrogen-bond acceptors (Lipinski definition) is 6. The zero-order chi connectivity index (χ0) is 23.1. The zero-order valence-electron chi connectivity index (χ0n) is 17.7. The third kappa shape index (κ3) is 6.25. The number of nitrogens with one attached hydrogen (secondary N) is 2. The predicted octanol–water partition coefficient (Wildman–Crippen LogP) is 2.25. The van der Waals surface area contributed by atoms with Crippen molar-refractivity contribution in [2.45, 2.75) is 18.4 Å². The van der Waals surface area contributed by atoms with Gasteiger partial charge in [0.2, 0.25) is 0 Å². The molecule has 10 heteroatoms. The highest BCUT2D eigenvalue weighted by molar-refractivity contribution is 7.89. The van der Waals surface area contributed by atoms with E-state index in [2.05, 4.69) is 15.0 Å². The van der Waals surface area contributed by atoms with Gasteiger partial charge in [0.25, 0.3) is 15.9 Å². The van der Waals surface area contributed by atoms with Gasteiger partial charge < -0.3 is 14.6 Å². The second-order valence-corrected chi connectivity index (χ2v) is 8.75. The number of rotatable bonds is 9. The maximum absolute atomic E-state index is 12.2. The maximum Gasteiger partial charge on any atom is 0.307 e. The Morgan fingerprint density at radius 3 is 2.31 bits per heavy atom. The number of carbonyl (C=O) groups excluding carboxylic acids is 2. The highest BCUT2D eigenvalue weighted by atomic mass is 32.2. The van der Waals surface area contributed by atoms with Gasteiger partial charge in [0, 0.05) is 25.5 Å². The fourth-order valence-electron chi connectivity index (χ4n) is 2.81. The van der Waals surface area contributed by atoms with Crippen molar-refractivity contribution in [3.63, 3.8) is 0 Å². The number of sulfonamides is 1. The van der Waals surface area contributed by atoms with Gasteiger partial charge in [-0.25, -0.2) is 18.1 Å². The molecule has 0 atom stereocenters. The van der Waals surface area contributed by atoms with Crippen LogP contribution in [0.25, 0.3) is 11.1 Å². The Morgan fingerprint density at radius 1 is 1.03 bits per heavy atom. The van der Waals surface area contributed by atoms with E-state index < -0.39 is 28.5 Å². The largest absolute Gasteiger partial charge is 0.456 e. The van der Waals surface area contributed by atoms with E-state index in [-0.39, 0.29) is 18.0 Å². The summed E-state index contributed by atoms with van der Waals surface area (Å²) in [7, 11) is -2.14. The first-order chi connectivity index (χ1) is 15.2. The summed E-state index contributed by atoms with van der Waals surface area (Å²) in [6.07, 6.45) is 1.16. The topological polar surface area (TPSA) is 119 Å². The molecule has 1 aromatic heterocycles. The number of aryl methyl sites for hydroxylation is 2. The van der Waals surface area contributed by atoms with Crippen molar-refractivity contribution in [3.8, 4) is 11.1 Å². The molecule has 1 heterocycles. The smallest absolute Gasteiger partial charge is 0.307 e. The number of benzene rings is 2. The van der Waals surface area contributed by atoms with Crippen molar-refractivity contribution < 1.29 is 22.7 Å². The summed E-state index contributed by atoms with van der Waals surface area (Å²) >= 11 is 0. The van der Waals surface area contributed by atoms with E-state index in [4.69, 9.17) is 4.74 Å². The molecule has 0 unspecified atom stereocenters. The molecule has 3 aromatic rings. The van der Waals surface area contributed by atoms with E-state index in [1.807, 2.05) is 42.5 Å². The van der Waals surface area contributed by atoms with E-state index in [0.717, 1.165) is 11.1 Å². The number of imidazole rings is 1. The molecule has 2 aromatic carbocycles. The molecular weight excluding hydrogens is 432 g/mol. The Kier molecular flexibility index (Phi) is 7.39. The van der Waals surface area contributed by atoms with Crippen LogP contribution in [0.2, 0.25) is 0 Å². The van der Waals surface area contributed by atoms with Crippen LogP contribution >= 0.6 is 0 Å². The molecule has 0 saturated heterocycles. The molecule has 0 aliphatic carbocycles. The van der Waals surface area contributed by atoms with Crippen LogP contribution in [0.4, 0.5) is 5.69 Å². The van der Waals surface area contributed by atoms with Crippen LogP contribution in [-0.4, -0.2) is 43.0 Å². The van der Waals surface area contributed by atoms with Crippen LogP contribution < -0.4 is 10.0 Å². The van der Waals surface area contributed by atoms with Crippen LogP contribution in [0.1, 0.15) is 12.2 Å². The number of hydrogen-bond donors (Lipinski definition) is 2. The highest BCUT2D eigenvalue weighted by Crippen LogP contribution is 2.20. The minimum Gasteiger partial charge on any atom is -0.456 e. The fraction of sp³-hybridized carbons (Fsp3) is 0.227. The van der Waals surface area contributed by atoms with Crippen molar-refractivity contribution in [2.24, 2.45) is 7.05 Å². The molecule has 0 bridgehead atoms. The molecule has 1 amide bonds. The Bertz CT molecular complexity index is 1170. The summed E-state index contributed by atoms with van der Waals surface area (Å²) < 4.78 is 33.1. The van der Waals surface area contributed by atoms with E-state index in [9.17, 15) is 18.0 Å². The minimum atomic E-state index is -3.82. The van der Waals surface area contributed by atoms with Crippen LogP contribution in [0.3, 0.4) is 0 Å². The molecule has 0 spiro atoms. The molecule has 0 aliphatic heterocycles. The van der Waals surface area contributed by atoms with E-state index in [1.54, 1.807) is 30.7 Å². The van der Waals surface area contributed by atoms with Crippen molar-refractivity contribution >= 4 is 27.6 Å². The zero-order valence-corrected chi connectivity index (χ0v) is 18.6. The van der Waals surface area contributed by atoms with E-state index in [1.165, 1.54) is 6.20 Å². The van der Waals surface area contributed by atoms with Gasteiger partial charge in [-0.15, -0.1) is 0 Å². The summed E-state index contributed by atoms with van der Waals surface area (Å²) in [4.78, 5) is 27.8. The SMILES string of the molecule is Cc1nc(S(=O)(=O)NCCC(=O)OCC(=O)Nc2ccc(-c3ccccc3)cc2)cn1C. The standard InChI is InChI=1S/C22H24N4O5S/c1-16-24-21(14-26(16)2)32(29,30)23-13-12-22(28)31-15-20(27)25-19-10-8-18(9-11-19)17-6-4-3-5-7-17/h3-11,14,23H,12-13,15H2,1-2H3,(H,25,27). The predicted molar refractivity (Wildman–Crippen MR) is 119 cm³/mol. The number of esters is 1. The third-order valence-corrected chi connectivity index (χ3v) is 5.95. The fourth-order valence-corrected chi connectivity index (χ4v) is 3.88. The van der Waals surface area contributed by atoms with Gasteiger partial charge in [-0.05, 0) is 30.2 Å². The Hall–Kier alpha value is -3.50. The first-order valence-electron chi connectivity index (χ1n) is 9.85. The second kappa shape index (κ2) is 10.2. The molecule has 32 heavy (non-hydrogen) atoms. The first-order valence-corrected chi connectivity index (χ1v) is 11.3. The Labute approximate surface area is 186 Å². The summed E-state index contributed by atoms with van der Waals surface area (Å²) in [5, 5.41) is 2.53. The number of amides is 1. The highest BCUT2D eigenvalue weighted by Gasteiger charge is 2.18. The number of aromatic nitrogens is 2. The van der Waals surface area contributed by atoms with Crippen LogP contribution in [-0.2, 0) is 31.4 Å². The van der Waals surface area contributed by atoms with Crippen LogP contribution in [0.5, 0.6) is 0 Å². The summed E-state index contributed by atoms with van der Waals surface area (Å²) in [5.41, 5.74) is 2.65. The molecule has 2 N–H and O–H groups in total. The Balaban J connectivity index is 1.40. The average molecular weight is 457 g/mol. The number of ether oxygens (including phenoxy) is 1. The van der Waals surface area contributed by atoms with Gasteiger partial charge in [-0.3, -0.25) is 9.59 Å². The molecule has 3 rings (SSSR count). The molecule has 168 valence electrons. The monoisotopic (exact) mass is 456 g/mol. The molecular formula is C22H24N4O5S. The quantitative estimate of drug-likeness (QED) is 0.477. The number of carbonyl (C=O) groups is 2. The van der Waals surface area contributed by atoms with Crippen LogP contribution in [0, 0.1) is 6.92 Å². The lowest BCUT2D eigenvalue weighted by molar-refractivity contribution is -0.147. The van der Waals surface area contributed by atoms with Crippen molar-refractivity contribution in [3.05, 3.63) is 66.6 Å². The normalized spacial score (nSPS) is 11.2. The van der Waals surface area contributed by atoms with E-state index >= 15 is 0 Å². The third-order valence-electron chi connectivity index (χ3n) is 4.62. The van der Waals surface area contributed by atoms with Crippen molar-refractivity contribution in [2.75, 3.05) is 18.5 Å². The number of anilines is 1. The van der Waals surface area contributed by atoms with Gasteiger partial charge in [-0.2, -0.15) is 0 Å². The average Bonchev–Trinajstić information content (AvgIpc) is 3.12. The van der Waals surface area contributed by atoms with Gasteiger partial charge >= 0.3 is 5.97 Å². The maximum atomic E-state index is 12.2. The summed E-state index contributed by atoms with van der Waals surface area (Å²) in [5.74, 6) is -0.639. The lowest BCUT2D eigenvalue weighted by atomic mass is 10.1. The van der Waals surface area contributed by atoms with Gasteiger partial charge in [0.15, 0.2) is 11.6 Å². The molecule has 0 saturated carbocycles. The molecule has 0 fully saturated rings. The van der Waals surface area contributed by atoms with Crippen molar-refractivity contribution in [1.82, 2.24) is 14.3 Å². The minimum absolute atomic E-state index is 0.122. The molecule has 0 aliphatic rings. The second-order valence-electron chi connectivity index (χ2n) is 7.04. The Morgan fingerprint density at radius 2 is 1.69 bits per heavy atom. The molecule has 0 radical (unpaired) electrons. The lowest BCUT2D eigenvalue weighted by Gasteiger charge is -2.08. The summed E-state index contributed by atoms with van der Waals surface area (Å²) in [6.45, 7) is 1.05. The van der Waals surface area contributed by atoms with Gasteiger partial charge in [0.05, 0.1) is 6.42 Å². The summed E-state index contributed by atoms with van der Waals surface area (Å²) in [6, 6.07) is 17.1. The molecule has 9 nitrogen and oxygen atoms in total. The lowest BCUT2D eigenvalue weighted by Crippen LogP contribution is -2.28. The van der Waals surface area contributed by atoms with E-state index in [0.29, 0.717) is 11.5 Å². The van der Waals surface area contributed by atoms with Crippen LogP contribution in [0.15, 0.2) is 65.8 Å². The first kappa shape index (κ1) is 23.2.